The molecule has 0 aliphatic carbocycles. The number of methoxy groups -OCH3 is 1. The Bertz CT molecular complexity index is 929. The van der Waals surface area contributed by atoms with Gasteiger partial charge < -0.3 is 24.5 Å². The minimum atomic E-state index is -0.864. The largest absolute Gasteiger partial charge is 0.394 e. The number of hydrogen-bond donors (Lipinski definition) is 5. The van der Waals surface area contributed by atoms with Crippen LogP contribution in [0, 0.1) is 5.92 Å². The summed E-state index contributed by atoms with van der Waals surface area (Å²) in [7, 11) is 1.52. The van der Waals surface area contributed by atoms with Gasteiger partial charge in [-0.15, -0.1) is 0 Å². The number of rotatable bonds is 9. The zero-order valence-corrected chi connectivity index (χ0v) is 16.9. The van der Waals surface area contributed by atoms with Gasteiger partial charge in [0.2, 0.25) is 11.9 Å². The second-order valence-corrected chi connectivity index (χ2v) is 7.11. The number of aliphatic hydroxyl groups is 1. The van der Waals surface area contributed by atoms with Crippen molar-refractivity contribution in [1.82, 2.24) is 25.0 Å². The normalized spacial score (nSPS) is 24.1. The summed E-state index contributed by atoms with van der Waals surface area (Å²) in [6, 6.07) is -0.753. The number of amides is 1. The van der Waals surface area contributed by atoms with E-state index < -0.39 is 30.0 Å². The molecule has 1 aliphatic rings. The van der Waals surface area contributed by atoms with Gasteiger partial charge in [0.25, 0.3) is 5.56 Å². The quantitative estimate of drug-likeness (QED) is 0.247. The Kier molecular flexibility index (Phi) is 7.12. The summed E-state index contributed by atoms with van der Waals surface area (Å²) in [5.41, 5.74) is 1.77. The van der Waals surface area contributed by atoms with Crippen LogP contribution in [-0.4, -0.2) is 80.9 Å². The molecule has 4 atom stereocenters. The highest BCUT2D eigenvalue weighted by Gasteiger charge is 2.46. The Morgan fingerprint density at radius 2 is 2.20 bits per heavy atom. The molecule has 5 N–H and O–H groups in total. The molecular weight excluding hydrogens is 400 g/mol. The van der Waals surface area contributed by atoms with Gasteiger partial charge in [0.1, 0.15) is 12.2 Å². The van der Waals surface area contributed by atoms with Crippen molar-refractivity contribution in [3.8, 4) is 0 Å². The van der Waals surface area contributed by atoms with Crippen molar-refractivity contribution in [1.29, 1.82) is 0 Å². The van der Waals surface area contributed by atoms with Gasteiger partial charge in [0, 0.05) is 13.0 Å². The summed E-state index contributed by atoms with van der Waals surface area (Å²) in [5.74, 6) is -0.654. The lowest BCUT2D eigenvalue weighted by Gasteiger charge is -2.23. The Balaban J connectivity index is 1.99. The molecule has 0 unspecified atom stereocenters. The zero-order chi connectivity index (χ0) is 21.8. The minimum Gasteiger partial charge on any atom is -0.394 e. The molecular formula is C17H26N6O7. The SMILES string of the molecule is COCCO[C@@H]1[C@H](NO)[C@@H](CO)O[C@H]1n1cnc2c(=O)[nH]c(NC(=O)C(C)C)nc21. The summed E-state index contributed by atoms with van der Waals surface area (Å²) in [4.78, 5) is 35.3. The Morgan fingerprint density at radius 3 is 2.83 bits per heavy atom. The van der Waals surface area contributed by atoms with Crippen LogP contribution in [0.3, 0.4) is 0 Å². The molecule has 0 spiro atoms. The van der Waals surface area contributed by atoms with Gasteiger partial charge in [0.05, 0.1) is 32.2 Å². The number of aliphatic hydroxyl groups excluding tert-OH is 1. The summed E-state index contributed by atoms with van der Waals surface area (Å²) < 4.78 is 18.1. The molecule has 2 aromatic rings. The lowest BCUT2D eigenvalue weighted by molar-refractivity contribution is -0.118. The number of fused-ring (bicyclic) bond motifs is 1. The van der Waals surface area contributed by atoms with Crippen LogP contribution < -0.4 is 16.4 Å². The molecule has 3 heterocycles. The highest BCUT2D eigenvalue weighted by molar-refractivity contribution is 5.91. The average Bonchev–Trinajstić information content (AvgIpc) is 3.29. The molecule has 30 heavy (non-hydrogen) atoms. The van der Waals surface area contributed by atoms with E-state index in [-0.39, 0.29) is 42.2 Å². The lowest BCUT2D eigenvalue weighted by Crippen LogP contribution is -2.45. The third-order valence-corrected chi connectivity index (χ3v) is 4.75. The number of aromatic nitrogens is 4. The number of nitrogens with one attached hydrogen (secondary N) is 3. The third-order valence-electron chi connectivity index (χ3n) is 4.75. The van der Waals surface area contributed by atoms with Crippen LogP contribution in [0.15, 0.2) is 11.1 Å². The molecule has 0 aromatic carbocycles. The first-order chi connectivity index (χ1) is 14.4. The van der Waals surface area contributed by atoms with E-state index in [1.165, 1.54) is 18.0 Å². The van der Waals surface area contributed by atoms with Crippen molar-refractivity contribution in [3.05, 3.63) is 16.7 Å². The summed E-state index contributed by atoms with van der Waals surface area (Å²) in [6.45, 7) is 3.55. The minimum absolute atomic E-state index is 0.0293. The lowest BCUT2D eigenvalue weighted by atomic mass is 10.1. The number of aromatic amines is 1. The third kappa shape index (κ3) is 4.35. The van der Waals surface area contributed by atoms with Crippen molar-refractivity contribution in [2.24, 2.45) is 5.92 Å². The first-order valence-electron chi connectivity index (χ1n) is 9.45. The van der Waals surface area contributed by atoms with E-state index in [0.717, 1.165) is 0 Å². The number of hydrogen-bond acceptors (Lipinski definition) is 10. The molecule has 13 heteroatoms. The molecule has 13 nitrogen and oxygen atoms in total. The molecule has 0 bridgehead atoms. The summed E-state index contributed by atoms with van der Waals surface area (Å²) >= 11 is 0. The highest BCUT2D eigenvalue weighted by atomic mass is 16.6. The maximum atomic E-state index is 12.4. The van der Waals surface area contributed by atoms with E-state index in [9.17, 15) is 19.9 Å². The van der Waals surface area contributed by atoms with Gasteiger partial charge in [-0.3, -0.25) is 24.5 Å². The van der Waals surface area contributed by atoms with Gasteiger partial charge in [0.15, 0.2) is 17.4 Å². The first-order valence-corrected chi connectivity index (χ1v) is 9.45. The molecule has 1 fully saturated rings. The Labute approximate surface area is 171 Å². The molecule has 1 aliphatic heterocycles. The van der Waals surface area contributed by atoms with Crippen molar-refractivity contribution >= 4 is 23.0 Å². The molecule has 166 valence electrons. The number of carbonyl (C=O) groups excluding carboxylic acids is 1. The van der Waals surface area contributed by atoms with Crippen LogP contribution in [0.2, 0.25) is 0 Å². The van der Waals surface area contributed by atoms with E-state index in [1.807, 2.05) is 0 Å². The molecule has 2 aromatic heterocycles. The van der Waals surface area contributed by atoms with E-state index in [1.54, 1.807) is 13.8 Å². The number of nitrogens with zero attached hydrogens (tertiary/aromatic N) is 3. The fourth-order valence-electron chi connectivity index (χ4n) is 3.15. The predicted octanol–water partition coefficient (Wildman–Crippen LogP) is -1.02. The van der Waals surface area contributed by atoms with E-state index in [4.69, 9.17) is 14.2 Å². The van der Waals surface area contributed by atoms with Gasteiger partial charge >= 0.3 is 0 Å². The van der Waals surface area contributed by atoms with Crippen molar-refractivity contribution in [3.63, 3.8) is 0 Å². The van der Waals surface area contributed by atoms with Crippen molar-refractivity contribution in [2.45, 2.75) is 38.3 Å². The van der Waals surface area contributed by atoms with E-state index in [2.05, 4.69) is 25.7 Å². The van der Waals surface area contributed by atoms with Gasteiger partial charge in [-0.1, -0.05) is 13.8 Å². The zero-order valence-electron chi connectivity index (χ0n) is 16.9. The molecule has 1 amide bonds. The highest BCUT2D eigenvalue weighted by Crippen LogP contribution is 2.33. The monoisotopic (exact) mass is 426 g/mol. The van der Waals surface area contributed by atoms with E-state index >= 15 is 0 Å². The van der Waals surface area contributed by atoms with Gasteiger partial charge in [-0.2, -0.15) is 10.5 Å². The second-order valence-electron chi connectivity index (χ2n) is 7.11. The van der Waals surface area contributed by atoms with Crippen LogP contribution in [0.1, 0.15) is 20.1 Å². The van der Waals surface area contributed by atoms with Crippen LogP contribution >= 0.6 is 0 Å². The number of carbonyl (C=O) groups is 1. The fraction of sp³-hybridized carbons (Fsp3) is 0.647. The Morgan fingerprint density at radius 1 is 1.43 bits per heavy atom. The molecule has 0 saturated carbocycles. The second kappa shape index (κ2) is 9.59. The number of hydroxylamine groups is 1. The topological polar surface area (TPSA) is 173 Å². The van der Waals surface area contributed by atoms with Crippen LogP contribution in [0.25, 0.3) is 11.2 Å². The van der Waals surface area contributed by atoms with Crippen molar-refractivity contribution in [2.75, 3.05) is 32.2 Å². The maximum Gasteiger partial charge on any atom is 0.280 e. The van der Waals surface area contributed by atoms with Crippen LogP contribution in [0.4, 0.5) is 5.95 Å². The maximum absolute atomic E-state index is 12.4. The van der Waals surface area contributed by atoms with Gasteiger partial charge in [-0.25, -0.2) is 4.98 Å². The standard InChI is InChI=1S/C17H26N6O7/c1-8(2)14(25)20-17-19-13-11(15(26)21-17)18-7-23(13)16-12(29-5-4-28-3)10(22-27)9(6-24)30-16/h7-10,12,16,22,24,27H,4-6H2,1-3H3,(H2,19,20,21,25,26)/t9-,10-,12-,16-/m1/s1. The van der Waals surface area contributed by atoms with Crippen LogP contribution in [-0.2, 0) is 19.0 Å². The fourth-order valence-corrected chi connectivity index (χ4v) is 3.15. The first kappa shape index (κ1) is 22.3. The number of anilines is 1. The average molecular weight is 426 g/mol. The van der Waals surface area contributed by atoms with Gasteiger partial charge in [-0.05, 0) is 0 Å². The number of ether oxygens (including phenoxy) is 3. The van der Waals surface area contributed by atoms with Crippen molar-refractivity contribution < 1.29 is 29.3 Å². The number of imidazole rings is 1. The summed E-state index contributed by atoms with van der Waals surface area (Å²) in [6.07, 6.45) is -1.05. The molecule has 3 rings (SSSR count). The Hall–Kier alpha value is -2.42. The molecule has 0 radical (unpaired) electrons. The molecule has 1 saturated heterocycles. The predicted molar refractivity (Wildman–Crippen MR) is 103 cm³/mol. The summed E-state index contributed by atoms with van der Waals surface area (Å²) in [5, 5.41) is 21.7. The smallest absolute Gasteiger partial charge is 0.280 e. The number of H-pyrrole nitrogens is 1. The van der Waals surface area contributed by atoms with E-state index in [0.29, 0.717) is 6.61 Å². The van der Waals surface area contributed by atoms with Crippen LogP contribution in [0.5, 0.6) is 0 Å².